The topological polar surface area (TPSA) is 6.48 Å². The molecule has 448 valence electrons. The van der Waals surface area contributed by atoms with Gasteiger partial charge in [0.05, 0.1) is 17.4 Å². The Balaban J connectivity index is 0.629. The van der Waals surface area contributed by atoms with Crippen molar-refractivity contribution in [2.45, 2.75) is 83.1 Å². The second kappa shape index (κ2) is 21.8. The molecule has 17 rings (SSSR count). The van der Waals surface area contributed by atoms with Crippen molar-refractivity contribution in [1.82, 2.24) is 0 Å². The summed E-state index contributed by atoms with van der Waals surface area (Å²) < 4.78 is 0. The lowest BCUT2D eigenvalue weighted by molar-refractivity contribution is 0.490. The quantitative estimate of drug-likeness (QED) is 0.113. The minimum atomic E-state index is -0.219. The molecule has 0 bridgehead atoms. The lowest BCUT2D eigenvalue weighted by Gasteiger charge is -2.38. The number of hydrogen-bond donors (Lipinski definition) is 0. The van der Waals surface area contributed by atoms with E-state index >= 15 is 0 Å². The van der Waals surface area contributed by atoms with Gasteiger partial charge in [0.15, 0.2) is 0 Å². The van der Waals surface area contributed by atoms with E-state index in [1.807, 2.05) is 0 Å². The number of rotatable bonds is 12. The Hall–Kier alpha value is -10.5. The predicted molar refractivity (Wildman–Crippen MR) is 399 cm³/mol. The highest BCUT2D eigenvalue weighted by Crippen LogP contribution is 2.56. The Labute approximate surface area is 547 Å². The highest BCUT2D eigenvalue weighted by atomic mass is 15.2. The Morgan fingerprint density at radius 2 is 0.710 bits per heavy atom. The van der Waals surface area contributed by atoms with Crippen LogP contribution in [0.5, 0.6) is 0 Å². The first-order chi connectivity index (χ1) is 45.5. The average Bonchev–Trinajstić information content (AvgIpc) is 1.62. The van der Waals surface area contributed by atoms with Crippen LogP contribution in [0.1, 0.15) is 116 Å². The molecule has 0 aromatic heterocycles. The number of nitrogens with zero attached hydrogens (tertiary/aromatic N) is 2. The summed E-state index contributed by atoms with van der Waals surface area (Å²) in [7, 11) is 0. The van der Waals surface area contributed by atoms with Gasteiger partial charge in [0.2, 0.25) is 0 Å². The molecule has 1 atom stereocenters. The third-order valence-corrected chi connectivity index (χ3v) is 21.9. The standard InChI is InChI=1S/C91H74N2/c1-7-91(8-2)83-55-61(39-37-59-41-47-73-75-51-45-67(57-81(75)89(3,4)79(73)53-59)92(85-33-17-25-63-21-9-13-29-69(63)85)86-34-18-26-64-22-10-14-30-70(64)86)43-49-77(83)78-50-44-62(56-84(78)91)40-38-60-42-48-74-76-52-46-68(58-82(76)90(5,6)80(74)54-60)93(87-35-19-27-65-23-11-15-31-71(65)87)88-36-20-28-66-24-12-16-32-72(66)88/h9-57,68H,7-8,58H2,1-6H3/b39-37+,40-38+. The van der Waals surface area contributed by atoms with E-state index in [1.54, 1.807) is 0 Å². The fraction of sp³-hybridized carbons (Fsp3) is 0.143. The molecule has 0 spiro atoms. The summed E-state index contributed by atoms with van der Waals surface area (Å²) in [6.45, 7) is 14.5. The molecule has 0 radical (unpaired) electrons. The van der Waals surface area contributed by atoms with Crippen molar-refractivity contribution in [2.75, 3.05) is 9.80 Å². The molecular formula is C91H74N2. The maximum absolute atomic E-state index is 2.62. The van der Waals surface area contributed by atoms with Crippen LogP contribution in [0.2, 0.25) is 0 Å². The van der Waals surface area contributed by atoms with E-state index in [1.165, 1.54) is 155 Å². The van der Waals surface area contributed by atoms with Crippen molar-refractivity contribution >= 4 is 101 Å². The van der Waals surface area contributed by atoms with Crippen molar-refractivity contribution in [3.63, 3.8) is 0 Å². The zero-order chi connectivity index (χ0) is 62.7. The van der Waals surface area contributed by atoms with Gasteiger partial charge in [0.1, 0.15) is 0 Å². The number of benzene rings is 13. The van der Waals surface area contributed by atoms with Gasteiger partial charge in [-0.05, 0) is 166 Å². The van der Waals surface area contributed by atoms with E-state index in [9.17, 15) is 0 Å². The second-order valence-corrected chi connectivity index (χ2v) is 27.4. The van der Waals surface area contributed by atoms with Crippen LogP contribution in [-0.2, 0) is 16.2 Å². The van der Waals surface area contributed by atoms with Crippen LogP contribution in [-0.4, -0.2) is 6.04 Å². The van der Waals surface area contributed by atoms with E-state index in [0.717, 1.165) is 24.9 Å². The number of hydrogen-bond acceptors (Lipinski definition) is 2. The largest absolute Gasteiger partial charge is 0.333 e. The van der Waals surface area contributed by atoms with Crippen molar-refractivity contribution in [2.24, 2.45) is 0 Å². The summed E-state index contributed by atoms with van der Waals surface area (Å²) in [5.41, 5.74) is 27.1. The Morgan fingerprint density at radius 3 is 1.16 bits per heavy atom. The number of allylic oxidation sites excluding steroid dienone is 2. The van der Waals surface area contributed by atoms with Gasteiger partial charge in [-0.3, -0.25) is 0 Å². The molecule has 0 amide bonds. The third-order valence-electron chi connectivity index (χ3n) is 21.9. The molecule has 0 N–H and O–H groups in total. The fourth-order valence-electron chi connectivity index (χ4n) is 17.0. The molecule has 4 aliphatic carbocycles. The Morgan fingerprint density at radius 1 is 0.355 bits per heavy atom. The second-order valence-electron chi connectivity index (χ2n) is 27.4. The van der Waals surface area contributed by atoms with Gasteiger partial charge in [-0.15, -0.1) is 0 Å². The van der Waals surface area contributed by atoms with E-state index in [0.29, 0.717) is 0 Å². The maximum atomic E-state index is 2.62. The lowest BCUT2D eigenvalue weighted by Crippen LogP contribution is -2.33. The summed E-state index contributed by atoms with van der Waals surface area (Å²) in [6.07, 6.45) is 17.2. The summed E-state index contributed by atoms with van der Waals surface area (Å²) in [5, 5.41) is 9.96. The molecule has 0 aliphatic heterocycles. The first kappa shape index (κ1) is 56.4. The first-order valence-corrected chi connectivity index (χ1v) is 33.5. The molecule has 0 heterocycles. The fourth-order valence-corrected chi connectivity index (χ4v) is 17.0. The van der Waals surface area contributed by atoms with Crippen LogP contribution in [0.15, 0.2) is 279 Å². The third kappa shape index (κ3) is 8.97. The van der Waals surface area contributed by atoms with Crippen molar-refractivity contribution in [3.8, 4) is 22.3 Å². The smallest absolute Gasteiger partial charge is 0.0563 e. The van der Waals surface area contributed by atoms with Gasteiger partial charge in [0.25, 0.3) is 0 Å². The maximum Gasteiger partial charge on any atom is 0.0563 e. The molecule has 13 aromatic rings. The van der Waals surface area contributed by atoms with Gasteiger partial charge in [-0.1, -0.05) is 302 Å². The van der Waals surface area contributed by atoms with Crippen LogP contribution < -0.4 is 9.80 Å². The molecule has 0 saturated carbocycles. The summed E-state index contributed by atoms with van der Waals surface area (Å²) >= 11 is 0. The van der Waals surface area contributed by atoms with Crippen molar-refractivity contribution in [1.29, 1.82) is 0 Å². The molecule has 0 fully saturated rings. The molecule has 4 aliphatic rings. The summed E-state index contributed by atoms with van der Waals surface area (Å²) in [4.78, 5) is 5.10. The minimum absolute atomic E-state index is 0.0814. The van der Waals surface area contributed by atoms with Crippen molar-refractivity contribution in [3.05, 3.63) is 334 Å². The SMILES string of the molecule is CCC1(CC)c2cc(/C=C/c3ccc4c(c3)C(C)(C)C3=C4C=CC(N(c4cccc5ccccc45)c4cccc5ccccc45)C3)ccc2-c2ccc(/C=C/c3ccc4c(c3)C(C)(C)c3cc(N(c5cccc6ccccc56)c5cccc6ccccc56)ccc3-4)cc21. The van der Waals surface area contributed by atoms with Crippen LogP contribution >= 0.6 is 0 Å². The average molecular weight is 1200 g/mol. The highest BCUT2D eigenvalue weighted by Gasteiger charge is 2.43. The van der Waals surface area contributed by atoms with E-state index in [2.05, 4.69) is 349 Å². The predicted octanol–water partition coefficient (Wildman–Crippen LogP) is 24.7. The van der Waals surface area contributed by atoms with E-state index in [4.69, 9.17) is 0 Å². The molecular weight excluding hydrogens is 1120 g/mol. The zero-order valence-corrected chi connectivity index (χ0v) is 53.9. The zero-order valence-electron chi connectivity index (χ0n) is 53.9. The van der Waals surface area contributed by atoms with Gasteiger partial charge >= 0.3 is 0 Å². The van der Waals surface area contributed by atoms with Crippen LogP contribution in [0, 0.1) is 0 Å². The molecule has 93 heavy (non-hydrogen) atoms. The van der Waals surface area contributed by atoms with Gasteiger partial charge in [-0.25, -0.2) is 0 Å². The van der Waals surface area contributed by atoms with Crippen LogP contribution in [0.4, 0.5) is 28.4 Å². The molecule has 2 nitrogen and oxygen atoms in total. The Bertz CT molecular complexity index is 5190. The number of anilines is 5. The van der Waals surface area contributed by atoms with E-state index < -0.39 is 0 Å². The van der Waals surface area contributed by atoms with Crippen LogP contribution in [0.3, 0.4) is 0 Å². The number of fused-ring (bicyclic) bond motifs is 12. The van der Waals surface area contributed by atoms with Gasteiger partial charge in [-0.2, -0.15) is 0 Å². The van der Waals surface area contributed by atoms with Gasteiger partial charge < -0.3 is 9.80 Å². The van der Waals surface area contributed by atoms with Gasteiger partial charge in [0, 0.05) is 54.9 Å². The van der Waals surface area contributed by atoms with Crippen LogP contribution in [0.25, 0.3) is 95.2 Å². The molecule has 0 saturated heterocycles. The molecule has 1 unspecified atom stereocenters. The first-order valence-electron chi connectivity index (χ1n) is 33.5. The Kier molecular flexibility index (Phi) is 13.2. The monoisotopic (exact) mass is 1190 g/mol. The lowest BCUT2D eigenvalue weighted by atomic mass is 9.73. The minimum Gasteiger partial charge on any atom is -0.333 e. The molecule has 2 heteroatoms. The highest BCUT2D eigenvalue weighted by molar-refractivity contribution is 6.06. The summed E-state index contributed by atoms with van der Waals surface area (Å²) in [6, 6.07) is 98.1. The van der Waals surface area contributed by atoms with Crippen molar-refractivity contribution < 1.29 is 0 Å². The van der Waals surface area contributed by atoms with E-state index in [-0.39, 0.29) is 22.3 Å². The normalized spacial score (nSPS) is 16.1. The summed E-state index contributed by atoms with van der Waals surface area (Å²) in [5.74, 6) is 0. The molecule has 13 aromatic carbocycles.